The Labute approximate surface area is 160 Å². The van der Waals surface area contributed by atoms with Gasteiger partial charge in [-0.05, 0) is 48.0 Å². The quantitative estimate of drug-likeness (QED) is 0.400. The van der Waals surface area contributed by atoms with Gasteiger partial charge in [-0.25, -0.2) is 4.79 Å². The van der Waals surface area contributed by atoms with E-state index in [4.69, 9.17) is 4.74 Å². The second kappa shape index (κ2) is 6.81. The van der Waals surface area contributed by atoms with Crippen LogP contribution in [-0.4, -0.2) is 17.6 Å². The van der Waals surface area contributed by atoms with Gasteiger partial charge in [0, 0.05) is 15.5 Å². The Morgan fingerprint density at radius 2 is 1.73 bits per heavy atom. The van der Waals surface area contributed by atoms with Crippen molar-refractivity contribution in [2.75, 3.05) is 7.11 Å². The van der Waals surface area contributed by atoms with Crippen molar-refractivity contribution < 1.29 is 9.53 Å². The Morgan fingerprint density at radius 1 is 0.923 bits per heavy atom. The van der Waals surface area contributed by atoms with Crippen molar-refractivity contribution >= 4 is 32.8 Å². The predicted molar refractivity (Wildman–Crippen MR) is 108 cm³/mol. The molecule has 26 heavy (non-hydrogen) atoms. The summed E-state index contributed by atoms with van der Waals surface area (Å²) in [6, 6.07) is 26.1. The van der Waals surface area contributed by atoms with Gasteiger partial charge >= 0.3 is 5.97 Å². The zero-order valence-electron chi connectivity index (χ0n) is 14.1. The SMILES string of the molecule is COC(=O)c1cccc(-n2c(-c3ccccc3)cc3cc(Br)ccc32)c1. The molecule has 128 valence electrons. The third-order valence-corrected chi connectivity index (χ3v) is 4.85. The second-order valence-electron chi connectivity index (χ2n) is 5.98. The van der Waals surface area contributed by atoms with Crippen molar-refractivity contribution in [1.82, 2.24) is 4.57 Å². The molecule has 0 bridgehead atoms. The van der Waals surface area contributed by atoms with Gasteiger partial charge in [-0.15, -0.1) is 0 Å². The molecule has 0 saturated carbocycles. The van der Waals surface area contributed by atoms with Gasteiger partial charge in [-0.2, -0.15) is 0 Å². The summed E-state index contributed by atoms with van der Waals surface area (Å²) in [5.41, 5.74) is 4.71. The van der Waals surface area contributed by atoms with E-state index in [2.05, 4.69) is 50.8 Å². The van der Waals surface area contributed by atoms with Crippen LogP contribution >= 0.6 is 15.9 Å². The molecule has 4 rings (SSSR count). The molecule has 0 fully saturated rings. The molecule has 3 aromatic carbocycles. The van der Waals surface area contributed by atoms with Crippen molar-refractivity contribution in [3.8, 4) is 16.9 Å². The molecule has 0 unspecified atom stereocenters. The number of benzene rings is 3. The largest absolute Gasteiger partial charge is 0.465 e. The van der Waals surface area contributed by atoms with E-state index >= 15 is 0 Å². The fourth-order valence-corrected chi connectivity index (χ4v) is 3.55. The summed E-state index contributed by atoms with van der Waals surface area (Å²) < 4.78 is 8.07. The van der Waals surface area contributed by atoms with E-state index in [1.54, 1.807) is 6.07 Å². The summed E-state index contributed by atoms with van der Waals surface area (Å²) in [6.45, 7) is 0. The smallest absolute Gasteiger partial charge is 0.337 e. The average Bonchev–Trinajstić information content (AvgIpc) is 3.06. The number of methoxy groups -OCH3 is 1. The monoisotopic (exact) mass is 405 g/mol. The van der Waals surface area contributed by atoms with E-state index in [0.29, 0.717) is 5.56 Å². The molecule has 0 spiro atoms. The van der Waals surface area contributed by atoms with Crippen molar-refractivity contribution in [2.45, 2.75) is 0 Å². The lowest BCUT2D eigenvalue weighted by molar-refractivity contribution is 0.0600. The maximum absolute atomic E-state index is 12.0. The van der Waals surface area contributed by atoms with Crippen LogP contribution in [0.1, 0.15) is 10.4 Å². The van der Waals surface area contributed by atoms with E-state index in [-0.39, 0.29) is 5.97 Å². The average molecular weight is 406 g/mol. The Bertz CT molecular complexity index is 1100. The first-order valence-electron chi connectivity index (χ1n) is 8.22. The third kappa shape index (κ3) is 2.93. The highest BCUT2D eigenvalue weighted by Crippen LogP contribution is 2.33. The van der Waals surface area contributed by atoms with Gasteiger partial charge in [0.25, 0.3) is 0 Å². The highest BCUT2D eigenvalue weighted by Gasteiger charge is 2.14. The van der Waals surface area contributed by atoms with Crippen LogP contribution in [0.25, 0.3) is 27.8 Å². The molecular formula is C22H16BrNO2. The Kier molecular flexibility index (Phi) is 4.35. The van der Waals surface area contributed by atoms with Crippen LogP contribution in [0.4, 0.5) is 0 Å². The lowest BCUT2D eigenvalue weighted by Crippen LogP contribution is -2.03. The number of rotatable bonds is 3. The lowest BCUT2D eigenvalue weighted by Gasteiger charge is -2.12. The van der Waals surface area contributed by atoms with Crippen LogP contribution in [-0.2, 0) is 4.74 Å². The summed E-state index contributed by atoms with van der Waals surface area (Å²) in [5, 5.41) is 1.13. The Morgan fingerprint density at radius 3 is 2.50 bits per heavy atom. The fraction of sp³-hybridized carbons (Fsp3) is 0.0455. The fourth-order valence-electron chi connectivity index (χ4n) is 3.18. The molecule has 0 aliphatic rings. The van der Waals surface area contributed by atoms with Crippen LogP contribution < -0.4 is 0 Å². The molecule has 0 radical (unpaired) electrons. The highest BCUT2D eigenvalue weighted by atomic mass is 79.9. The number of hydrogen-bond donors (Lipinski definition) is 0. The Balaban J connectivity index is 2.00. The first-order valence-corrected chi connectivity index (χ1v) is 9.02. The summed E-state index contributed by atoms with van der Waals surface area (Å²) in [4.78, 5) is 12.0. The molecular weight excluding hydrogens is 390 g/mol. The molecule has 0 aliphatic carbocycles. The number of esters is 1. The molecule has 0 N–H and O–H groups in total. The van der Waals surface area contributed by atoms with Crippen molar-refractivity contribution in [3.05, 3.63) is 88.9 Å². The predicted octanol–water partition coefficient (Wildman–Crippen LogP) is 5.85. The van der Waals surface area contributed by atoms with Crippen molar-refractivity contribution in [1.29, 1.82) is 0 Å². The molecule has 1 heterocycles. The molecule has 4 aromatic rings. The number of nitrogens with zero attached hydrogens (tertiary/aromatic N) is 1. The number of fused-ring (bicyclic) bond motifs is 1. The number of carbonyl (C=O) groups excluding carboxylic acids is 1. The number of carbonyl (C=O) groups is 1. The summed E-state index contributed by atoms with van der Waals surface area (Å²) >= 11 is 3.55. The molecule has 1 aromatic heterocycles. The third-order valence-electron chi connectivity index (χ3n) is 4.36. The Hall–Kier alpha value is -2.85. The van der Waals surface area contributed by atoms with Gasteiger partial charge < -0.3 is 9.30 Å². The number of halogens is 1. The first-order chi connectivity index (χ1) is 12.7. The topological polar surface area (TPSA) is 31.2 Å². The van der Waals surface area contributed by atoms with Crippen LogP contribution in [0, 0.1) is 0 Å². The molecule has 0 saturated heterocycles. The van der Waals surface area contributed by atoms with Gasteiger partial charge in [0.1, 0.15) is 0 Å². The summed E-state index contributed by atoms with van der Waals surface area (Å²) in [5.74, 6) is -0.340. The zero-order chi connectivity index (χ0) is 18.1. The highest BCUT2D eigenvalue weighted by molar-refractivity contribution is 9.10. The molecule has 0 atom stereocenters. The van der Waals surface area contributed by atoms with Crippen molar-refractivity contribution in [3.63, 3.8) is 0 Å². The number of aromatic nitrogens is 1. The number of ether oxygens (including phenoxy) is 1. The van der Waals surface area contributed by atoms with Gasteiger partial charge in [0.2, 0.25) is 0 Å². The molecule has 0 amide bonds. The minimum absolute atomic E-state index is 0.340. The number of hydrogen-bond acceptors (Lipinski definition) is 2. The maximum atomic E-state index is 12.0. The first kappa shape index (κ1) is 16.6. The van der Waals surface area contributed by atoms with E-state index < -0.39 is 0 Å². The summed E-state index contributed by atoms with van der Waals surface area (Å²) in [7, 11) is 1.40. The van der Waals surface area contributed by atoms with Crippen LogP contribution in [0.5, 0.6) is 0 Å². The van der Waals surface area contributed by atoms with Gasteiger partial charge in [-0.3, -0.25) is 0 Å². The lowest BCUT2D eigenvalue weighted by atomic mass is 10.1. The van der Waals surface area contributed by atoms with E-state index in [9.17, 15) is 4.79 Å². The van der Waals surface area contributed by atoms with Gasteiger partial charge in [0.05, 0.1) is 23.9 Å². The zero-order valence-corrected chi connectivity index (χ0v) is 15.7. The minimum Gasteiger partial charge on any atom is -0.465 e. The van der Waals surface area contributed by atoms with E-state index in [1.807, 2.05) is 42.5 Å². The van der Waals surface area contributed by atoms with E-state index in [1.165, 1.54) is 7.11 Å². The van der Waals surface area contributed by atoms with Crippen LogP contribution in [0.3, 0.4) is 0 Å². The second-order valence-corrected chi connectivity index (χ2v) is 6.89. The van der Waals surface area contributed by atoms with Crippen molar-refractivity contribution in [2.24, 2.45) is 0 Å². The maximum Gasteiger partial charge on any atom is 0.337 e. The molecule has 4 heteroatoms. The normalized spacial score (nSPS) is 10.8. The van der Waals surface area contributed by atoms with E-state index in [0.717, 1.165) is 32.3 Å². The van der Waals surface area contributed by atoms with Gasteiger partial charge in [0.15, 0.2) is 0 Å². The molecule has 3 nitrogen and oxygen atoms in total. The van der Waals surface area contributed by atoms with Crippen LogP contribution in [0.15, 0.2) is 83.3 Å². The van der Waals surface area contributed by atoms with Crippen LogP contribution in [0.2, 0.25) is 0 Å². The molecule has 0 aliphatic heterocycles. The van der Waals surface area contributed by atoms with Gasteiger partial charge in [-0.1, -0.05) is 52.3 Å². The standard InChI is InChI=1S/C22H16BrNO2/c1-26-22(25)16-8-5-9-19(13-16)24-20-11-10-18(23)12-17(20)14-21(24)15-6-3-2-4-7-15/h2-14H,1H3. The minimum atomic E-state index is -0.340. The summed E-state index contributed by atoms with van der Waals surface area (Å²) in [6.07, 6.45) is 0.